The Hall–Kier alpha value is -3.95. The molecule has 2 N–H and O–H groups in total. The number of ether oxygens (including phenoxy) is 1. The van der Waals surface area contributed by atoms with E-state index in [1.54, 1.807) is 13.0 Å². The van der Waals surface area contributed by atoms with Crippen LogP contribution in [0.25, 0.3) is 10.8 Å². The molecule has 2 aliphatic heterocycles. The van der Waals surface area contributed by atoms with Gasteiger partial charge >= 0.3 is 12.0 Å². The van der Waals surface area contributed by atoms with Crippen LogP contribution in [-0.2, 0) is 29.5 Å². The number of amides is 5. The molecule has 0 bridgehead atoms. The molecule has 2 aromatic rings. The molecule has 2 aliphatic rings. The Morgan fingerprint density at radius 1 is 1.12 bits per heavy atom. The van der Waals surface area contributed by atoms with Gasteiger partial charge in [-0.2, -0.15) is 0 Å². The predicted molar refractivity (Wildman–Crippen MR) is 112 cm³/mol. The van der Waals surface area contributed by atoms with Crippen molar-refractivity contribution < 1.29 is 28.7 Å². The van der Waals surface area contributed by atoms with Crippen LogP contribution in [0.4, 0.5) is 4.79 Å². The van der Waals surface area contributed by atoms with Gasteiger partial charge in [0.2, 0.25) is 11.8 Å². The smallest absolute Gasteiger partial charge is 0.330 e. The predicted octanol–water partition coefficient (Wildman–Crippen LogP) is 0.107. The number of hydrogen-bond acceptors (Lipinski definition) is 6. The summed E-state index contributed by atoms with van der Waals surface area (Å²) in [5, 5.41) is 7.06. The van der Waals surface area contributed by atoms with Gasteiger partial charge in [0, 0.05) is 6.54 Å². The van der Waals surface area contributed by atoms with Crippen molar-refractivity contribution in [2.45, 2.75) is 18.5 Å². The van der Waals surface area contributed by atoms with Crippen LogP contribution in [0.3, 0.4) is 0 Å². The molecule has 2 atom stereocenters. The molecule has 0 spiro atoms. The van der Waals surface area contributed by atoms with E-state index in [0.29, 0.717) is 5.56 Å². The molecule has 2 aromatic carbocycles. The number of benzene rings is 2. The highest BCUT2D eigenvalue weighted by Crippen LogP contribution is 2.31. The third kappa shape index (κ3) is 3.53. The average Bonchev–Trinajstić information content (AvgIpc) is 3.01. The molecular weight excluding hydrogens is 416 g/mol. The van der Waals surface area contributed by atoms with Crippen molar-refractivity contribution in [2.75, 3.05) is 26.7 Å². The van der Waals surface area contributed by atoms with Gasteiger partial charge in [-0.25, -0.2) is 9.59 Å². The number of fused-ring (bicyclic) bond motifs is 1. The molecule has 0 saturated carbocycles. The van der Waals surface area contributed by atoms with E-state index in [1.807, 2.05) is 36.4 Å². The minimum atomic E-state index is -1.36. The highest BCUT2D eigenvalue weighted by Gasteiger charge is 2.50. The molecule has 166 valence electrons. The van der Waals surface area contributed by atoms with Crippen LogP contribution in [0.2, 0.25) is 0 Å². The van der Waals surface area contributed by atoms with Gasteiger partial charge in [0.05, 0.1) is 7.11 Å². The van der Waals surface area contributed by atoms with Crippen molar-refractivity contribution in [1.29, 1.82) is 0 Å². The van der Waals surface area contributed by atoms with Gasteiger partial charge in [-0.3, -0.25) is 19.3 Å². The lowest BCUT2D eigenvalue weighted by molar-refractivity contribution is -0.156. The second-order valence-electron chi connectivity index (χ2n) is 7.87. The number of methoxy groups -OCH3 is 1. The van der Waals surface area contributed by atoms with Crippen molar-refractivity contribution in [3.63, 3.8) is 0 Å². The largest absolute Gasteiger partial charge is 0.467 e. The van der Waals surface area contributed by atoms with Crippen LogP contribution in [0.1, 0.15) is 12.5 Å². The van der Waals surface area contributed by atoms with Crippen molar-refractivity contribution in [1.82, 2.24) is 20.4 Å². The lowest BCUT2D eigenvalue weighted by atomic mass is 9.90. The summed E-state index contributed by atoms with van der Waals surface area (Å²) in [6.45, 7) is 0.498. The van der Waals surface area contributed by atoms with Crippen LogP contribution in [0, 0.1) is 0 Å². The minimum Gasteiger partial charge on any atom is -0.467 e. The second-order valence-corrected chi connectivity index (χ2v) is 7.87. The molecule has 5 amide bonds. The quantitative estimate of drug-likeness (QED) is 0.516. The number of piperazine rings is 1. The van der Waals surface area contributed by atoms with Gasteiger partial charge in [-0.1, -0.05) is 36.4 Å². The normalized spacial score (nSPS) is 23.2. The van der Waals surface area contributed by atoms with Crippen molar-refractivity contribution in [3.05, 3.63) is 48.0 Å². The van der Waals surface area contributed by atoms with Gasteiger partial charge in [0.25, 0.3) is 5.91 Å². The van der Waals surface area contributed by atoms with Gasteiger partial charge < -0.3 is 20.3 Å². The number of nitrogens with one attached hydrogen (secondary N) is 2. The van der Waals surface area contributed by atoms with Gasteiger partial charge in [-0.15, -0.1) is 0 Å². The maximum absolute atomic E-state index is 13.2. The summed E-state index contributed by atoms with van der Waals surface area (Å²) < 4.78 is 4.70. The number of carbonyl (C=O) groups excluding carboxylic acids is 5. The Morgan fingerprint density at radius 3 is 2.56 bits per heavy atom. The zero-order valence-corrected chi connectivity index (χ0v) is 17.6. The van der Waals surface area contributed by atoms with Crippen LogP contribution < -0.4 is 10.6 Å². The molecule has 0 aromatic heterocycles. The Labute approximate surface area is 183 Å². The summed E-state index contributed by atoms with van der Waals surface area (Å²) in [4.78, 5) is 64.4. The molecule has 2 saturated heterocycles. The minimum absolute atomic E-state index is 0.105. The summed E-state index contributed by atoms with van der Waals surface area (Å²) in [6.07, 6.45) is 0. The summed E-state index contributed by atoms with van der Waals surface area (Å²) in [5.41, 5.74) is -0.781. The van der Waals surface area contributed by atoms with Crippen LogP contribution in [-0.4, -0.2) is 72.3 Å². The SMILES string of the molecule is COC(=O)[C@H]1CNC(=O)CN1C(=O)CN1C(=O)N[C@](C)(c2ccc3ccccc3c2)C1=O. The molecule has 32 heavy (non-hydrogen) atoms. The monoisotopic (exact) mass is 438 g/mol. The maximum atomic E-state index is 13.2. The van der Waals surface area contributed by atoms with Gasteiger partial charge in [0.1, 0.15) is 24.7 Å². The van der Waals surface area contributed by atoms with Crippen LogP contribution in [0.5, 0.6) is 0 Å². The number of rotatable bonds is 4. The highest BCUT2D eigenvalue weighted by molar-refractivity contribution is 6.09. The van der Waals surface area contributed by atoms with E-state index in [2.05, 4.69) is 10.6 Å². The first-order chi connectivity index (χ1) is 15.2. The van der Waals surface area contributed by atoms with Crippen LogP contribution in [0.15, 0.2) is 42.5 Å². The van der Waals surface area contributed by atoms with Crippen molar-refractivity contribution >= 4 is 40.5 Å². The fourth-order valence-electron chi connectivity index (χ4n) is 4.01. The van der Waals surface area contributed by atoms with E-state index in [9.17, 15) is 24.0 Å². The lowest BCUT2D eigenvalue weighted by Crippen LogP contribution is -2.61. The number of carbonyl (C=O) groups is 5. The van der Waals surface area contributed by atoms with E-state index in [4.69, 9.17) is 4.74 Å². The Bertz CT molecular complexity index is 1150. The van der Waals surface area contributed by atoms with Gasteiger partial charge in [0.15, 0.2) is 0 Å². The zero-order valence-electron chi connectivity index (χ0n) is 17.6. The average molecular weight is 438 g/mol. The Balaban J connectivity index is 1.57. The van der Waals surface area contributed by atoms with E-state index in [-0.39, 0.29) is 13.1 Å². The number of nitrogens with zero attached hydrogens (tertiary/aromatic N) is 2. The first-order valence-electron chi connectivity index (χ1n) is 10.0. The summed E-state index contributed by atoms with van der Waals surface area (Å²) >= 11 is 0. The third-order valence-electron chi connectivity index (χ3n) is 5.87. The highest BCUT2D eigenvalue weighted by atomic mass is 16.5. The van der Waals surface area contributed by atoms with E-state index >= 15 is 0 Å². The summed E-state index contributed by atoms with van der Waals surface area (Å²) in [5.74, 6) is -2.45. The number of imide groups is 1. The molecule has 4 rings (SSSR count). The molecular formula is C22H22N4O6. The van der Waals surface area contributed by atoms with Crippen molar-refractivity contribution in [3.8, 4) is 0 Å². The molecule has 10 nitrogen and oxygen atoms in total. The number of hydrogen-bond donors (Lipinski definition) is 2. The molecule has 0 unspecified atom stereocenters. The fraction of sp³-hybridized carbons (Fsp3) is 0.318. The summed E-state index contributed by atoms with van der Waals surface area (Å²) in [6, 6.07) is 11.3. The standard InChI is InChI=1S/C22H22N4O6/c1-22(15-8-7-13-5-3-4-6-14(13)9-15)20(30)26(21(31)24-22)12-18(28)25-11-17(27)23-10-16(25)19(29)32-2/h3-9,16H,10-12H2,1-2H3,(H,23,27)(H,24,31)/t16-,22-/m1/s1. The molecule has 0 aliphatic carbocycles. The number of urea groups is 1. The zero-order chi connectivity index (χ0) is 23.0. The Kier molecular flexibility index (Phi) is 5.29. The first-order valence-corrected chi connectivity index (χ1v) is 10.0. The Morgan fingerprint density at radius 2 is 1.84 bits per heavy atom. The fourth-order valence-corrected chi connectivity index (χ4v) is 4.01. The molecule has 2 fully saturated rings. The lowest BCUT2D eigenvalue weighted by Gasteiger charge is -2.34. The number of esters is 1. The molecule has 10 heteroatoms. The van der Waals surface area contributed by atoms with Gasteiger partial charge in [-0.05, 0) is 29.3 Å². The van der Waals surface area contributed by atoms with Crippen molar-refractivity contribution in [2.24, 2.45) is 0 Å². The first kappa shape index (κ1) is 21.3. The third-order valence-corrected chi connectivity index (χ3v) is 5.87. The molecule has 2 heterocycles. The van der Waals surface area contributed by atoms with E-state index in [0.717, 1.165) is 20.6 Å². The topological polar surface area (TPSA) is 125 Å². The van der Waals surface area contributed by atoms with Crippen LogP contribution >= 0.6 is 0 Å². The van der Waals surface area contributed by atoms with E-state index < -0.39 is 47.8 Å². The molecule has 0 radical (unpaired) electrons. The maximum Gasteiger partial charge on any atom is 0.330 e. The second kappa shape index (κ2) is 7.95. The van der Waals surface area contributed by atoms with E-state index in [1.165, 1.54) is 7.11 Å². The summed E-state index contributed by atoms with van der Waals surface area (Å²) in [7, 11) is 1.17.